The van der Waals surface area contributed by atoms with Gasteiger partial charge >= 0.3 is 12.2 Å². The Hall–Kier alpha value is -3.87. The number of ketones is 1. The summed E-state index contributed by atoms with van der Waals surface area (Å²) in [6, 6.07) is 1.38. The number of aromatic nitrogens is 2. The molecule has 2 aromatic heterocycles. The van der Waals surface area contributed by atoms with Crippen LogP contribution in [0.15, 0.2) is 23.7 Å². The average Bonchev–Trinajstić information content (AvgIpc) is 3.30. The number of fused-ring (bicyclic) bond motifs is 1. The summed E-state index contributed by atoms with van der Waals surface area (Å²) in [7, 11) is 0. The minimum absolute atomic E-state index is 0.135. The smallest absolute Gasteiger partial charge is 0.426 e. The van der Waals surface area contributed by atoms with Crippen LogP contribution in [0.1, 0.15) is 46.6 Å². The highest BCUT2D eigenvalue weighted by atomic mass is 32.1. The molecule has 32 heavy (non-hydrogen) atoms. The maximum absolute atomic E-state index is 13.7. The molecule has 2 amide bonds. The Morgan fingerprint density at radius 1 is 1.12 bits per heavy atom. The molecule has 0 bridgehead atoms. The third kappa shape index (κ3) is 4.72. The Bertz CT molecular complexity index is 1260. The largest absolute Gasteiger partial charge is 0.464 e. The van der Waals surface area contributed by atoms with Gasteiger partial charge in [-0.2, -0.15) is 0 Å². The molecule has 0 aliphatic heterocycles. The van der Waals surface area contributed by atoms with Crippen LogP contribution in [-0.4, -0.2) is 44.1 Å². The molecule has 13 heteroatoms. The van der Waals surface area contributed by atoms with Crippen LogP contribution in [0.2, 0.25) is 0 Å². The molecule has 3 rings (SSSR count). The van der Waals surface area contributed by atoms with Crippen molar-refractivity contribution in [2.24, 2.45) is 0 Å². The van der Waals surface area contributed by atoms with E-state index in [1.807, 2.05) is 5.43 Å². The number of carbonyl (C=O) groups is 4. The van der Waals surface area contributed by atoms with Gasteiger partial charge < -0.3 is 9.84 Å². The van der Waals surface area contributed by atoms with Crippen LogP contribution in [0.3, 0.4) is 0 Å². The van der Waals surface area contributed by atoms with Crippen LogP contribution >= 0.6 is 11.3 Å². The van der Waals surface area contributed by atoms with Crippen molar-refractivity contribution >= 4 is 46.1 Å². The molecule has 0 aliphatic rings. The van der Waals surface area contributed by atoms with Crippen LogP contribution < -0.4 is 10.9 Å². The monoisotopic (exact) mass is 466 g/mol. The van der Waals surface area contributed by atoms with Gasteiger partial charge in [-0.25, -0.2) is 28.8 Å². The van der Waals surface area contributed by atoms with Crippen LogP contribution in [0.5, 0.6) is 0 Å². The number of carboxylic acid groups (broad SMARTS) is 1. The zero-order valence-electron chi connectivity index (χ0n) is 16.9. The average molecular weight is 466 g/mol. The topological polar surface area (TPSA) is 140 Å². The number of hydrogen-bond donors (Lipinski definition) is 3. The summed E-state index contributed by atoms with van der Waals surface area (Å²) >= 11 is 0.769. The first kappa shape index (κ1) is 22.8. The lowest BCUT2D eigenvalue weighted by molar-refractivity contribution is 0.0483. The summed E-state index contributed by atoms with van der Waals surface area (Å²) in [6.45, 7) is 4.90. The van der Waals surface area contributed by atoms with E-state index in [1.54, 1.807) is 20.8 Å². The number of carbonyl (C=O) groups excluding carboxylic acids is 3. The number of halogens is 2. The van der Waals surface area contributed by atoms with Gasteiger partial charge in [0.25, 0.3) is 5.91 Å². The van der Waals surface area contributed by atoms with E-state index in [4.69, 9.17) is 4.74 Å². The van der Waals surface area contributed by atoms with Crippen molar-refractivity contribution in [1.29, 1.82) is 0 Å². The lowest BCUT2D eigenvalue weighted by Crippen LogP contribution is -2.44. The van der Waals surface area contributed by atoms with Crippen molar-refractivity contribution < 1.29 is 37.8 Å². The molecule has 0 atom stereocenters. The van der Waals surface area contributed by atoms with Crippen molar-refractivity contribution in [3.63, 3.8) is 0 Å². The molecule has 168 valence electrons. The predicted molar refractivity (Wildman–Crippen MR) is 108 cm³/mol. The van der Waals surface area contributed by atoms with Gasteiger partial charge in [0.2, 0.25) is 5.78 Å². The van der Waals surface area contributed by atoms with Crippen molar-refractivity contribution in [3.05, 3.63) is 51.6 Å². The Labute approximate surface area is 182 Å². The van der Waals surface area contributed by atoms with Gasteiger partial charge in [0, 0.05) is 23.0 Å². The van der Waals surface area contributed by atoms with E-state index >= 15 is 0 Å². The van der Waals surface area contributed by atoms with Crippen molar-refractivity contribution in [2.45, 2.75) is 26.4 Å². The van der Waals surface area contributed by atoms with Crippen LogP contribution in [0.25, 0.3) is 10.9 Å². The van der Waals surface area contributed by atoms with Crippen LogP contribution in [0.4, 0.5) is 18.4 Å². The molecule has 10 nitrogen and oxygen atoms in total. The highest BCUT2D eigenvalue weighted by Gasteiger charge is 2.24. The molecule has 0 saturated carbocycles. The van der Waals surface area contributed by atoms with Gasteiger partial charge in [-0.05, 0) is 26.8 Å². The molecule has 1 aromatic carbocycles. The fourth-order valence-corrected chi connectivity index (χ4v) is 3.38. The van der Waals surface area contributed by atoms with Gasteiger partial charge in [0.15, 0.2) is 16.6 Å². The lowest BCUT2D eigenvalue weighted by atomic mass is 10.1. The van der Waals surface area contributed by atoms with Gasteiger partial charge in [-0.1, -0.05) is 0 Å². The third-order valence-electron chi connectivity index (χ3n) is 3.91. The number of nitrogens with one attached hydrogen (secondary N) is 2. The van der Waals surface area contributed by atoms with Crippen molar-refractivity contribution in [3.8, 4) is 0 Å². The molecule has 2 heterocycles. The van der Waals surface area contributed by atoms with Gasteiger partial charge in [-0.15, -0.1) is 11.3 Å². The predicted octanol–water partition coefficient (Wildman–Crippen LogP) is 3.30. The standard InChI is InChI=1S/C19H16F2N4O6S/c1-19(2,3)31-17(28)24-23-15(27)12-7-32-16(22-12)14(26)9-6-25(18(29)30)13-5-11(21)10(20)4-8(9)13/h4-7H,1-3H3,(H,23,27)(H,24,28)(H,29,30). The van der Waals surface area contributed by atoms with E-state index < -0.39 is 41.1 Å². The lowest BCUT2D eigenvalue weighted by Gasteiger charge is -2.19. The number of nitrogens with zero attached hydrogens (tertiary/aromatic N) is 2. The minimum Gasteiger partial charge on any atom is -0.464 e. The highest BCUT2D eigenvalue weighted by molar-refractivity contribution is 7.12. The first-order valence-corrected chi connectivity index (χ1v) is 9.78. The molecule has 0 spiro atoms. The van der Waals surface area contributed by atoms with E-state index in [0.717, 1.165) is 17.5 Å². The SMILES string of the molecule is CC(C)(C)OC(=O)NNC(=O)c1csc(C(=O)c2cn(C(=O)O)c3cc(F)c(F)cc23)n1. The third-order valence-corrected chi connectivity index (χ3v) is 4.75. The summed E-state index contributed by atoms with van der Waals surface area (Å²) in [5.74, 6) is -4.18. The minimum atomic E-state index is -1.51. The zero-order valence-corrected chi connectivity index (χ0v) is 17.7. The van der Waals surface area contributed by atoms with Crippen LogP contribution in [-0.2, 0) is 4.74 Å². The maximum Gasteiger partial charge on any atom is 0.426 e. The number of ether oxygens (including phenoxy) is 1. The Balaban J connectivity index is 1.84. The second-order valence-electron chi connectivity index (χ2n) is 7.43. The van der Waals surface area contributed by atoms with E-state index in [0.29, 0.717) is 16.7 Å². The summed E-state index contributed by atoms with van der Waals surface area (Å²) in [4.78, 5) is 51.9. The first-order chi connectivity index (χ1) is 14.9. The fraction of sp³-hybridized carbons (Fsp3) is 0.211. The fourth-order valence-electron chi connectivity index (χ4n) is 2.63. The second kappa shape index (κ2) is 8.34. The number of hydrazine groups is 1. The quantitative estimate of drug-likeness (QED) is 0.397. The van der Waals surface area contributed by atoms with E-state index in [9.17, 15) is 33.1 Å². The number of benzene rings is 1. The van der Waals surface area contributed by atoms with E-state index in [2.05, 4.69) is 10.4 Å². The zero-order chi connectivity index (χ0) is 23.8. The molecule has 0 aliphatic carbocycles. The van der Waals surface area contributed by atoms with Crippen molar-refractivity contribution in [2.75, 3.05) is 0 Å². The molecule has 0 radical (unpaired) electrons. The van der Waals surface area contributed by atoms with E-state index in [-0.39, 0.29) is 27.2 Å². The van der Waals surface area contributed by atoms with E-state index in [1.165, 1.54) is 5.38 Å². The Morgan fingerprint density at radius 3 is 2.41 bits per heavy atom. The molecular formula is C19H16F2N4O6S. The Kier molecular flexibility index (Phi) is 5.94. The van der Waals surface area contributed by atoms with Gasteiger partial charge in [0.1, 0.15) is 11.3 Å². The number of hydrogen-bond acceptors (Lipinski definition) is 7. The summed E-state index contributed by atoms with van der Waals surface area (Å²) in [5, 5.41) is 10.2. The van der Waals surface area contributed by atoms with Gasteiger partial charge in [-0.3, -0.25) is 19.6 Å². The molecule has 3 aromatic rings. The second-order valence-corrected chi connectivity index (χ2v) is 8.28. The van der Waals surface area contributed by atoms with Gasteiger partial charge in [0.05, 0.1) is 11.1 Å². The Morgan fingerprint density at radius 2 is 1.78 bits per heavy atom. The van der Waals surface area contributed by atoms with Crippen LogP contribution in [0, 0.1) is 11.6 Å². The summed E-state index contributed by atoms with van der Waals surface area (Å²) in [5.41, 5.74) is 2.64. The molecule has 0 unspecified atom stereocenters. The van der Waals surface area contributed by atoms with Crippen molar-refractivity contribution in [1.82, 2.24) is 20.4 Å². The molecule has 3 N–H and O–H groups in total. The number of rotatable bonds is 3. The summed E-state index contributed by atoms with van der Waals surface area (Å²) in [6.07, 6.45) is -1.50. The number of amides is 2. The highest BCUT2D eigenvalue weighted by Crippen LogP contribution is 2.27. The maximum atomic E-state index is 13.7. The first-order valence-electron chi connectivity index (χ1n) is 8.90. The molecule has 0 fully saturated rings. The normalized spacial score (nSPS) is 11.3. The summed E-state index contributed by atoms with van der Waals surface area (Å²) < 4.78 is 32.8. The molecule has 0 saturated heterocycles. The number of thiazole rings is 1. The molecular weight excluding hydrogens is 450 g/mol.